The van der Waals surface area contributed by atoms with Crippen LogP contribution in [0.3, 0.4) is 0 Å². The van der Waals surface area contributed by atoms with Crippen LogP contribution in [0.25, 0.3) is 0 Å². The van der Waals surface area contributed by atoms with Crippen LogP contribution < -0.4 is 0 Å². The van der Waals surface area contributed by atoms with Crippen molar-refractivity contribution in [3.05, 3.63) is 0 Å². The van der Waals surface area contributed by atoms with Crippen molar-refractivity contribution < 1.29 is 80.2 Å². The molecule has 0 bridgehead atoms. The summed E-state index contributed by atoms with van der Waals surface area (Å²) in [6.45, 7) is 14.4. The average Bonchev–Trinajstić information content (AvgIpc) is 0.902. The highest BCUT2D eigenvalue weighted by Crippen LogP contribution is 2.45. The largest absolute Gasteiger partial charge is 0.472 e. The molecule has 17 nitrogen and oxygen atoms in total. The second-order valence-corrected chi connectivity index (χ2v) is 36.3. The fourth-order valence-electron chi connectivity index (χ4n) is 13.8. The van der Waals surface area contributed by atoms with E-state index in [1.165, 1.54) is 263 Å². The lowest BCUT2D eigenvalue weighted by molar-refractivity contribution is -0.161. The molecule has 0 aromatic rings. The summed E-state index contributed by atoms with van der Waals surface area (Å²) in [5.74, 6) is 1.12. The Morgan fingerprint density at radius 3 is 0.657 bits per heavy atom. The lowest BCUT2D eigenvalue weighted by atomic mass is 9.99. The van der Waals surface area contributed by atoms with Crippen LogP contribution in [0.4, 0.5) is 0 Å². The highest BCUT2D eigenvalue weighted by molar-refractivity contribution is 7.47. The Morgan fingerprint density at radius 2 is 0.444 bits per heavy atom. The van der Waals surface area contributed by atoms with E-state index in [0.717, 1.165) is 114 Å². The van der Waals surface area contributed by atoms with Crippen molar-refractivity contribution in [2.75, 3.05) is 39.6 Å². The Kier molecular flexibility index (Phi) is 76.2. The molecule has 19 heteroatoms. The standard InChI is InChI=1S/C89H174O17P2/c1-9-81(7)67-59-51-43-35-29-23-17-13-11-12-14-18-26-32-38-46-55-63-72-89(94)106-85(76-100-87(92)70-62-54-48-40-42-50-58-66-80(5)6)78-104-108(97,98)102-74-83(90)73-101-107(95,96)103-77-84(105-88(93)71-64-56-47-39-33-27-19-15-16-22-28-34-41-49-57-65-79(3)4)75-99-86(91)69-61-53-45-37-31-25-21-20-24-30-36-44-52-60-68-82(8)10-2/h79-85,90H,9-78H2,1-8H3,(H,95,96)(H,97,98)/t81?,82?,83?,84-,85-/m1/s1. The van der Waals surface area contributed by atoms with Crippen LogP contribution in [-0.2, 0) is 65.4 Å². The molecule has 0 heterocycles. The predicted molar refractivity (Wildman–Crippen MR) is 446 cm³/mol. The molecule has 0 amide bonds. The molecular formula is C89H174O17P2. The van der Waals surface area contributed by atoms with Crippen molar-refractivity contribution in [2.45, 2.75) is 485 Å². The Labute approximate surface area is 664 Å². The van der Waals surface area contributed by atoms with Crippen molar-refractivity contribution in [3.63, 3.8) is 0 Å². The van der Waals surface area contributed by atoms with E-state index in [-0.39, 0.29) is 25.7 Å². The molecular weight excluding hydrogens is 1400 g/mol. The minimum Gasteiger partial charge on any atom is -0.462 e. The summed E-state index contributed by atoms with van der Waals surface area (Å²) in [7, 11) is -9.93. The highest BCUT2D eigenvalue weighted by Gasteiger charge is 2.31. The van der Waals surface area contributed by atoms with Gasteiger partial charge in [0.2, 0.25) is 0 Å². The van der Waals surface area contributed by atoms with Gasteiger partial charge in [-0.25, -0.2) is 9.13 Å². The summed E-state index contributed by atoms with van der Waals surface area (Å²) >= 11 is 0. The van der Waals surface area contributed by atoms with Gasteiger partial charge < -0.3 is 33.8 Å². The van der Waals surface area contributed by atoms with Gasteiger partial charge in [-0.05, 0) is 49.4 Å². The second-order valence-electron chi connectivity index (χ2n) is 33.4. The third kappa shape index (κ3) is 79.3. The third-order valence-corrected chi connectivity index (χ3v) is 23.4. The number of aliphatic hydroxyl groups excluding tert-OH is 1. The Morgan fingerprint density at radius 1 is 0.259 bits per heavy atom. The summed E-state index contributed by atoms with van der Waals surface area (Å²) in [5.41, 5.74) is 0. The van der Waals surface area contributed by atoms with Crippen LogP contribution in [0.1, 0.15) is 466 Å². The molecule has 642 valence electrons. The molecule has 0 spiro atoms. The van der Waals surface area contributed by atoms with Crippen molar-refractivity contribution >= 4 is 39.5 Å². The van der Waals surface area contributed by atoms with Crippen LogP contribution >= 0.6 is 15.6 Å². The van der Waals surface area contributed by atoms with E-state index in [0.29, 0.717) is 31.6 Å². The van der Waals surface area contributed by atoms with Gasteiger partial charge in [-0.2, -0.15) is 0 Å². The smallest absolute Gasteiger partial charge is 0.462 e. The maximum absolute atomic E-state index is 13.2. The molecule has 0 aliphatic rings. The van der Waals surface area contributed by atoms with E-state index in [1.54, 1.807) is 0 Å². The van der Waals surface area contributed by atoms with Crippen molar-refractivity contribution in [1.82, 2.24) is 0 Å². The summed E-state index contributed by atoms with van der Waals surface area (Å²) < 4.78 is 69.0. The fourth-order valence-corrected chi connectivity index (χ4v) is 15.4. The van der Waals surface area contributed by atoms with Gasteiger partial charge in [-0.3, -0.25) is 37.3 Å². The number of rotatable bonds is 86. The van der Waals surface area contributed by atoms with E-state index in [2.05, 4.69) is 55.4 Å². The first kappa shape index (κ1) is 106. The number of phosphoric ester groups is 2. The maximum atomic E-state index is 13.2. The first-order chi connectivity index (χ1) is 52.2. The zero-order valence-electron chi connectivity index (χ0n) is 71.5. The van der Waals surface area contributed by atoms with E-state index in [9.17, 15) is 43.2 Å². The zero-order chi connectivity index (χ0) is 79.5. The molecule has 5 unspecified atom stereocenters. The summed E-state index contributed by atoms with van der Waals surface area (Å²) in [5, 5.41) is 10.7. The van der Waals surface area contributed by atoms with E-state index >= 15 is 0 Å². The van der Waals surface area contributed by atoms with E-state index < -0.39 is 97.5 Å². The molecule has 0 fully saturated rings. The maximum Gasteiger partial charge on any atom is 0.472 e. The monoisotopic (exact) mass is 1580 g/mol. The van der Waals surface area contributed by atoms with Crippen molar-refractivity contribution in [1.29, 1.82) is 0 Å². The van der Waals surface area contributed by atoms with Gasteiger partial charge in [0.25, 0.3) is 0 Å². The topological polar surface area (TPSA) is 237 Å². The summed E-state index contributed by atoms with van der Waals surface area (Å²) in [6, 6.07) is 0. The number of hydrogen-bond acceptors (Lipinski definition) is 15. The molecule has 0 aromatic heterocycles. The molecule has 7 atom stereocenters. The number of hydrogen-bond donors (Lipinski definition) is 3. The minimum absolute atomic E-state index is 0.107. The quantitative estimate of drug-likeness (QED) is 0.0222. The molecule has 0 aliphatic carbocycles. The molecule has 0 saturated carbocycles. The highest BCUT2D eigenvalue weighted by atomic mass is 31.2. The van der Waals surface area contributed by atoms with Gasteiger partial charge in [-0.1, -0.05) is 415 Å². The number of aliphatic hydroxyl groups is 1. The van der Waals surface area contributed by atoms with Crippen LogP contribution in [0.15, 0.2) is 0 Å². The Hall–Kier alpha value is -1.94. The Bertz CT molecular complexity index is 2100. The van der Waals surface area contributed by atoms with Crippen molar-refractivity contribution in [3.8, 4) is 0 Å². The lowest BCUT2D eigenvalue weighted by Crippen LogP contribution is -2.30. The summed E-state index contributed by atoms with van der Waals surface area (Å²) in [4.78, 5) is 73.3. The van der Waals surface area contributed by atoms with Crippen molar-refractivity contribution in [2.24, 2.45) is 23.7 Å². The van der Waals surface area contributed by atoms with Crippen LogP contribution in [-0.4, -0.2) is 96.7 Å². The van der Waals surface area contributed by atoms with Crippen LogP contribution in [0.5, 0.6) is 0 Å². The Balaban J connectivity index is 5.21. The van der Waals surface area contributed by atoms with Crippen LogP contribution in [0.2, 0.25) is 0 Å². The molecule has 0 radical (unpaired) electrons. The molecule has 0 saturated heterocycles. The van der Waals surface area contributed by atoms with E-state index in [1.807, 2.05) is 0 Å². The van der Waals surface area contributed by atoms with Crippen LogP contribution in [0, 0.1) is 23.7 Å². The first-order valence-corrected chi connectivity index (χ1v) is 48.8. The SMILES string of the molecule is CCC(C)CCCCCCCCCCCCCCCCCCCCC(=O)O[C@H](COC(=O)CCCCCCCCCC(C)C)COP(=O)(O)OCC(O)COP(=O)(O)OC[C@@H](COC(=O)CCCCCCCCCCCCCCCCC(C)CC)OC(=O)CCCCCCCCCCCCCCCCCC(C)C. The van der Waals surface area contributed by atoms with E-state index in [4.69, 9.17) is 37.0 Å². The number of ether oxygens (including phenoxy) is 4. The number of carbonyl (C=O) groups is 4. The van der Waals surface area contributed by atoms with Gasteiger partial charge in [0.15, 0.2) is 12.2 Å². The predicted octanol–water partition coefficient (Wildman–Crippen LogP) is 27.1. The number of phosphoric acid groups is 2. The van der Waals surface area contributed by atoms with Gasteiger partial charge in [-0.15, -0.1) is 0 Å². The third-order valence-electron chi connectivity index (χ3n) is 21.5. The van der Waals surface area contributed by atoms with Gasteiger partial charge in [0, 0.05) is 25.7 Å². The first-order valence-electron chi connectivity index (χ1n) is 45.8. The average molecular weight is 1580 g/mol. The second kappa shape index (κ2) is 77.6. The van der Waals surface area contributed by atoms with Gasteiger partial charge in [0.05, 0.1) is 26.4 Å². The van der Waals surface area contributed by atoms with Gasteiger partial charge >= 0.3 is 39.5 Å². The molecule has 3 N–H and O–H groups in total. The normalized spacial score (nSPS) is 14.4. The summed E-state index contributed by atoms with van der Waals surface area (Å²) in [6.07, 6.45) is 68.1. The molecule has 0 rings (SSSR count). The number of unbranched alkanes of at least 4 members (excludes halogenated alkanes) is 50. The number of carbonyl (C=O) groups excluding carboxylic acids is 4. The van der Waals surface area contributed by atoms with Gasteiger partial charge in [0.1, 0.15) is 19.3 Å². The lowest BCUT2D eigenvalue weighted by Gasteiger charge is -2.21. The zero-order valence-corrected chi connectivity index (χ0v) is 73.3. The minimum atomic E-state index is -4.97. The number of esters is 4. The molecule has 108 heavy (non-hydrogen) atoms. The molecule has 0 aromatic carbocycles. The molecule has 0 aliphatic heterocycles. The fraction of sp³-hybridized carbons (Fsp3) is 0.955.